The predicted molar refractivity (Wildman–Crippen MR) is 87.9 cm³/mol. The van der Waals surface area contributed by atoms with Crippen LogP contribution in [0.15, 0.2) is 36.9 Å². The van der Waals surface area contributed by atoms with E-state index < -0.39 is 0 Å². The maximum atomic E-state index is 12.1. The Kier molecular flexibility index (Phi) is 5.97. The van der Waals surface area contributed by atoms with Crippen LogP contribution in [0.4, 0.5) is 16.2 Å². The Hall–Kier alpha value is -2.34. The molecule has 1 aliphatic heterocycles. The van der Waals surface area contributed by atoms with Gasteiger partial charge in [0.05, 0.1) is 6.04 Å². The first-order valence-corrected chi connectivity index (χ1v) is 7.49. The molecule has 1 unspecified atom stereocenters. The van der Waals surface area contributed by atoms with Crippen LogP contribution in [-0.2, 0) is 4.79 Å². The first-order chi connectivity index (χ1) is 10.7. The molecule has 0 bridgehead atoms. The molecule has 3 amide bonds. The second kappa shape index (κ2) is 8.19. The van der Waals surface area contributed by atoms with Crippen LogP contribution >= 0.6 is 0 Å². The van der Waals surface area contributed by atoms with Crippen molar-refractivity contribution in [1.29, 1.82) is 0 Å². The summed E-state index contributed by atoms with van der Waals surface area (Å²) in [5.74, 6) is -0.0101. The third-order valence-corrected chi connectivity index (χ3v) is 3.44. The quantitative estimate of drug-likeness (QED) is 0.629. The molecule has 0 saturated carbocycles. The van der Waals surface area contributed by atoms with Crippen molar-refractivity contribution in [3.63, 3.8) is 0 Å². The van der Waals surface area contributed by atoms with Gasteiger partial charge in [-0.1, -0.05) is 12.5 Å². The second-order valence-electron chi connectivity index (χ2n) is 5.19. The van der Waals surface area contributed by atoms with Crippen LogP contribution in [-0.4, -0.2) is 31.1 Å². The van der Waals surface area contributed by atoms with Crippen LogP contribution in [0, 0.1) is 0 Å². The van der Waals surface area contributed by atoms with Gasteiger partial charge < -0.3 is 21.3 Å². The highest BCUT2D eigenvalue weighted by molar-refractivity contribution is 5.95. The number of piperidine rings is 1. The molecule has 0 aromatic heterocycles. The number of hydrogen-bond acceptors (Lipinski definition) is 3. The third-order valence-electron chi connectivity index (χ3n) is 3.44. The molecule has 1 aromatic rings. The van der Waals surface area contributed by atoms with E-state index in [9.17, 15) is 9.59 Å². The number of carbonyl (C=O) groups excluding carboxylic acids is 2. The van der Waals surface area contributed by atoms with Crippen molar-refractivity contribution in [2.45, 2.75) is 25.3 Å². The second-order valence-corrected chi connectivity index (χ2v) is 5.19. The highest BCUT2D eigenvalue weighted by Crippen LogP contribution is 2.15. The highest BCUT2D eigenvalue weighted by Gasteiger charge is 2.20. The van der Waals surface area contributed by atoms with Crippen molar-refractivity contribution in [3.05, 3.63) is 36.9 Å². The van der Waals surface area contributed by atoms with Gasteiger partial charge in [0.2, 0.25) is 5.91 Å². The average Bonchev–Trinajstić information content (AvgIpc) is 2.55. The molecule has 1 saturated heterocycles. The van der Waals surface area contributed by atoms with Crippen LogP contribution in [0.1, 0.15) is 19.3 Å². The van der Waals surface area contributed by atoms with Crippen LogP contribution < -0.4 is 21.3 Å². The van der Waals surface area contributed by atoms with Crippen molar-refractivity contribution >= 4 is 23.3 Å². The van der Waals surface area contributed by atoms with Crippen LogP contribution in [0.2, 0.25) is 0 Å². The standard InChI is InChI=1S/C16H22N4O2/c1-2-10-18-16(22)20-13-8-6-12(7-9-13)19-15(21)14-5-3-4-11-17-14/h2,6-9,14,17H,1,3-5,10-11H2,(H,19,21)(H2,18,20,22). The van der Waals surface area contributed by atoms with Gasteiger partial charge in [-0.2, -0.15) is 0 Å². The van der Waals surface area contributed by atoms with Gasteiger partial charge in [-0.3, -0.25) is 4.79 Å². The maximum absolute atomic E-state index is 12.1. The van der Waals surface area contributed by atoms with Gasteiger partial charge >= 0.3 is 6.03 Å². The summed E-state index contributed by atoms with van der Waals surface area (Å²) in [5.41, 5.74) is 1.38. The van der Waals surface area contributed by atoms with Crippen molar-refractivity contribution in [2.75, 3.05) is 23.7 Å². The molecule has 2 rings (SSSR count). The third kappa shape index (κ3) is 4.89. The molecule has 6 heteroatoms. The Morgan fingerprint density at radius 1 is 1.18 bits per heavy atom. The number of anilines is 2. The summed E-state index contributed by atoms with van der Waals surface area (Å²) >= 11 is 0. The van der Waals surface area contributed by atoms with Crippen LogP contribution in [0.5, 0.6) is 0 Å². The minimum Gasteiger partial charge on any atom is -0.334 e. The summed E-state index contributed by atoms with van der Waals surface area (Å²) in [7, 11) is 0. The molecule has 1 fully saturated rings. The van der Waals surface area contributed by atoms with Gasteiger partial charge in [0, 0.05) is 17.9 Å². The lowest BCUT2D eigenvalue weighted by atomic mass is 10.0. The van der Waals surface area contributed by atoms with E-state index in [4.69, 9.17) is 0 Å². The lowest BCUT2D eigenvalue weighted by Gasteiger charge is -2.22. The number of carbonyl (C=O) groups is 2. The molecular formula is C16H22N4O2. The summed E-state index contributed by atoms with van der Waals surface area (Å²) in [6.07, 6.45) is 4.68. The summed E-state index contributed by atoms with van der Waals surface area (Å²) < 4.78 is 0. The Morgan fingerprint density at radius 2 is 1.86 bits per heavy atom. The van der Waals surface area contributed by atoms with Crippen molar-refractivity contribution < 1.29 is 9.59 Å². The van der Waals surface area contributed by atoms with Gasteiger partial charge in [-0.05, 0) is 43.7 Å². The first-order valence-electron chi connectivity index (χ1n) is 7.49. The largest absolute Gasteiger partial charge is 0.334 e. The molecule has 0 spiro atoms. The Balaban J connectivity index is 1.84. The summed E-state index contributed by atoms with van der Waals surface area (Å²) in [5, 5.41) is 11.4. The van der Waals surface area contributed by atoms with Crippen molar-refractivity contribution in [2.24, 2.45) is 0 Å². The lowest BCUT2D eigenvalue weighted by Crippen LogP contribution is -2.43. The molecule has 1 aliphatic rings. The fraction of sp³-hybridized carbons (Fsp3) is 0.375. The molecule has 6 nitrogen and oxygen atoms in total. The molecule has 1 atom stereocenters. The summed E-state index contributed by atoms with van der Waals surface area (Å²) in [6, 6.07) is 6.63. The Bertz CT molecular complexity index is 521. The fourth-order valence-electron chi connectivity index (χ4n) is 2.28. The van der Waals surface area contributed by atoms with E-state index in [0.29, 0.717) is 12.2 Å². The van der Waals surface area contributed by atoms with E-state index in [1.807, 2.05) is 0 Å². The number of nitrogens with one attached hydrogen (secondary N) is 4. The van der Waals surface area contributed by atoms with Crippen molar-refractivity contribution in [1.82, 2.24) is 10.6 Å². The molecule has 0 aliphatic carbocycles. The van der Waals surface area contributed by atoms with E-state index in [1.54, 1.807) is 30.3 Å². The number of urea groups is 1. The minimum atomic E-state index is -0.289. The van der Waals surface area contributed by atoms with Crippen molar-refractivity contribution in [3.8, 4) is 0 Å². The van der Waals surface area contributed by atoms with E-state index in [2.05, 4.69) is 27.8 Å². The molecule has 0 radical (unpaired) electrons. The lowest BCUT2D eigenvalue weighted by molar-refractivity contribution is -0.118. The van der Waals surface area contributed by atoms with Gasteiger partial charge in [-0.25, -0.2) is 4.79 Å². The van der Waals surface area contributed by atoms with Gasteiger partial charge in [-0.15, -0.1) is 6.58 Å². The SMILES string of the molecule is C=CCNC(=O)Nc1ccc(NC(=O)C2CCCCN2)cc1. The number of amides is 3. The minimum absolute atomic E-state index is 0.0101. The predicted octanol–water partition coefficient (Wildman–Crippen LogP) is 2.07. The molecule has 1 aromatic carbocycles. The monoisotopic (exact) mass is 302 g/mol. The zero-order valence-electron chi connectivity index (χ0n) is 12.5. The Labute approximate surface area is 130 Å². The van der Waals surface area contributed by atoms with E-state index >= 15 is 0 Å². The van der Waals surface area contributed by atoms with E-state index in [-0.39, 0.29) is 18.0 Å². The van der Waals surface area contributed by atoms with Crippen LogP contribution in [0.25, 0.3) is 0 Å². The molecule has 22 heavy (non-hydrogen) atoms. The van der Waals surface area contributed by atoms with Gasteiger partial charge in [0.25, 0.3) is 0 Å². The smallest absolute Gasteiger partial charge is 0.319 e. The molecular weight excluding hydrogens is 280 g/mol. The fourth-order valence-corrected chi connectivity index (χ4v) is 2.28. The van der Waals surface area contributed by atoms with Crippen LogP contribution in [0.3, 0.4) is 0 Å². The highest BCUT2D eigenvalue weighted by atomic mass is 16.2. The summed E-state index contributed by atoms with van der Waals surface area (Å²) in [4.78, 5) is 23.6. The average molecular weight is 302 g/mol. The van der Waals surface area contributed by atoms with Gasteiger partial charge in [0.15, 0.2) is 0 Å². The first kappa shape index (κ1) is 16.0. The Morgan fingerprint density at radius 3 is 2.45 bits per heavy atom. The zero-order chi connectivity index (χ0) is 15.8. The molecule has 1 heterocycles. The normalized spacial score (nSPS) is 17.4. The van der Waals surface area contributed by atoms with Gasteiger partial charge in [0.1, 0.15) is 0 Å². The number of hydrogen-bond donors (Lipinski definition) is 4. The maximum Gasteiger partial charge on any atom is 0.319 e. The number of rotatable bonds is 5. The molecule has 4 N–H and O–H groups in total. The van der Waals surface area contributed by atoms with E-state index in [0.717, 1.165) is 31.5 Å². The number of benzene rings is 1. The topological polar surface area (TPSA) is 82.3 Å². The molecule has 118 valence electrons. The van der Waals surface area contributed by atoms with E-state index in [1.165, 1.54) is 0 Å². The summed E-state index contributed by atoms with van der Waals surface area (Å²) in [6.45, 7) is 4.83. The zero-order valence-corrected chi connectivity index (χ0v) is 12.5.